The molecule has 5 rings (SSSR count). The molecule has 200 valence electrons. The highest BCUT2D eigenvalue weighted by molar-refractivity contribution is 6.43. The van der Waals surface area contributed by atoms with Gasteiger partial charge in [0, 0.05) is 30.9 Å². The first-order chi connectivity index (χ1) is 19.1. The normalized spacial score (nSPS) is 23.7. The number of methoxy groups -OCH3 is 1. The molecule has 4 atom stereocenters. The SMILES string of the molecule is CNCCN[C@H]1C(C(=O)Cc2ccccn2)=NN2[C@@H](c3ccccc3)C=C[C@@H](c3ccccc3)C12C(=O)OC. The lowest BCUT2D eigenvalue weighted by atomic mass is 9.69. The molecule has 1 aromatic heterocycles. The number of ketones is 1. The third kappa shape index (κ3) is 4.89. The molecule has 2 aromatic carbocycles. The largest absolute Gasteiger partial charge is 0.467 e. The fourth-order valence-corrected chi connectivity index (χ4v) is 5.65. The number of fused-ring (bicyclic) bond motifs is 1. The van der Waals surface area contributed by atoms with Gasteiger partial charge in [0.2, 0.25) is 0 Å². The van der Waals surface area contributed by atoms with E-state index in [1.165, 1.54) is 7.11 Å². The van der Waals surface area contributed by atoms with Gasteiger partial charge >= 0.3 is 5.97 Å². The third-order valence-corrected chi connectivity index (χ3v) is 7.42. The maximum Gasteiger partial charge on any atom is 0.336 e. The van der Waals surface area contributed by atoms with E-state index in [0.717, 1.165) is 11.1 Å². The molecule has 0 fully saturated rings. The molecule has 0 aliphatic carbocycles. The van der Waals surface area contributed by atoms with E-state index < -0.39 is 23.5 Å². The minimum Gasteiger partial charge on any atom is -0.467 e. The number of rotatable bonds is 10. The molecule has 2 aliphatic heterocycles. The maximum atomic E-state index is 14.2. The van der Waals surface area contributed by atoms with Crippen molar-refractivity contribution < 1.29 is 14.3 Å². The van der Waals surface area contributed by atoms with Crippen LogP contribution in [0.15, 0.2) is 102 Å². The van der Waals surface area contributed by atoms with Gasteiger partial charge in [-0.05, 0) is 30.3 Å². The number of hydrogen-bond acceptors (Lipinski definition) is 8. The lowest BCUT2D eigenvalue weighted by molar-refractivity contribution is -0.158. The number of hydrazone groups is 1. The van der Waals surface area contributed by atoms with Gasteiger partial charge in [-0.1, -0.05) is 78.9 Å². The Morgan fingerprint density at radius 2 is 1.62 bits per heavy atom. The van der Waals surface area contributed by atoms with Crippen LogP contribution in [0.4, 0.5) is 0 Å². The first-order valence-corrected chi connectivity index (χ1v) is 13.2. The molecule has 3 heterocycles. The molecule has 0 spiro atoms. The van der Waals surface area contributed by atoms with Gasteiger partial charge in [0.25, 0.3) is 0 Å². The molecule has 2 N–H and O–H groups in total. The Balaban J connectivity index is 1.69. The van der Waals surface area contributed by atoms with Crippen LogP contribution in [-0.2, 0) is 20.7 Å². The summed E-state index contributed by atoms with van der Waals surface area (Å²) in [4.78, 5) is 32.4. The number of ether oxygens (including phenoxy) is 1. The Labute approximate surface area is 228 Å². The molecule has 0 saturated carbocycles. The van der Waals surface area contributed by atoms with E-state index in [4.69, 9.17) is 9.84 Å². The second-order valence-electron chi connectivity index (χ2n) is 9.69. The van der Waals surface area contributed by atoms with Crippen LogP contribution in [0.1, 0.15) is 28.8 Å². The van der Waals surface area contributed by atoms with Crippen molar-refractivity contribution in [2.75, 3.05) is 27.2 Å². The van der Waals surface area contributed by atoms with E-state index in [9.17, 15) is 9.59 Å². The van der Waals surface area contributed by atoms with Gasteiger partial charge in [0.05, 0.1) is 25.6 Å². The van der Waals surface area contributed by atoms with E-state index in [1.54, 1.807) is 11.2 Å². The van der Waals surface area contributed by atoms with Crippen molar-refractivity contribution in [2.45, 2.75) is 30.0 Å². The van der Waals surface area contributed by atoms with E-state index in [2.05, 4.69) is 27.8 Å². The van der Waals surface area contributed by atoms with Gasteiger partial charge in [0.15, 0.2) is 11.3 Å². The zero-order valence-electron chi connectivity index (χ0n) is 22.2. The molecule has 8 nitrogen and oxygen atoms in total. The van der Waals surface area contributed by atoms with E-state index in [1.807, 2.05) is 85.9 Å². The van der Waals surface area contributed by atoms with Crippen LogP contribution in [0.25, 0.3) is 0 Å². The van der Waals surface area contributed by atoms with Gasteiger partial charge in [-0.2, -0.15) is 5.10 Å². The van der Waals surface area contributed by atoms with Gasteiger partial charge in [-0.3, -0.25) is 14.8 Å². The van der Waals surface area contributed by atoms with E-state index in [-0.39, 0.29) is 18.2 Å². The van der Waals surface area contributed by atoms with Crippen molar-refractivity contribution in [3.05, 3.63) is 114 Å². The smallest absolute Gasteiger partial charge is 0.336 e. The van der Waals surface area contributed by atoms with Crippen molar-refractivity contribution in [1.82, 2.24) is 20.6 Å². The second kappa shape index (κ2) is 11.7. The lowest BCUT2D eigenvalue weighted by Crippen LogP contribution is -2.68. The summed E-state index contributed by atoms with van der Waals surface area (Å²) in [7, 11) is 3.26. The van der Waals surface area contributed by atoms with E-state index >= 15 is 0 Å². The summed E-state index contributed by atoms with van der Waals surface area (Å²) in [6, 6.07) is 24.1. The molecule has 2 aliphatic rings. The Bertz CT molecular complexity index is 1350. The Hall–Kier alpha value is -4.14. The Kier molecular flexibility index (Phi) is 7.95. The van der Waals surface area contributed by atoms with Gasteiger partial charge in [0.1, 0.15) is 5.71 Å². The van der Waals surface area contributed by atoms with Gasteiger partial charge in [-0.25, -0.2) is 4.79 Å². The number of nitrogens with one attached hydrogen (secondary N) is 2. The molecule has 39 heavy (non-hydrogen) atoms. The van der Waals surface area contributed by atoms with Crippen molar-refractivity contribution in [3.63, 3.8) is 0 Å². The molecular formula is C31H33N5O3. The fraction of sp³-hybridized carbons (Fsp3) is 0.290. The van der Waals surface area contributed by atoms with Gasteiger partial charge < -0.3 is 15.4 Å². The van der Waals surface area contributed by atoms with E-state index in [0.29, 0.717) is 24.5 Å². The van der Waals surface area contributed by atoms with Crippen LogP contribution in [-0.4, -0.2) is 66.3 Å². The predicted octanol–water partition coefficient (Wildman–Crippen LogP) is 3.05. The molecular weight excluding hydrogens is 490 g/mol. The van der Waals surface area contributed by atoms with Crippen LogP contribution in [0.2, 0.25) is 0 Å². The van der Waals surface area contributed by atoms with Crippen molar-refractivity contribution in [3.8, 4) is 0 Å². The Morgan fingerprint density at radius 1 is 0.923 bits per heavy atom. The number of benzene rings is 2. The predicted molar refractivity (Wildman–Crippen MR) is 150 cm³/mol. The van der Waals surface area contributed by atoms with Crippen LogP contribution >= 0.6 is 0 Å². The first kappa shape index (κ1) is 26.5. The average Bonchev–Trinajstić information content (AvgIpc) is 3.34. The summed E-state index contributed by atoms with van der Waals surface area (Å²) in [5.74, 6) is -1.07. The fourth-order valence-electron chi connectivity index (χ4n) is 5.65. The number of Topliss-reactive ketones (excluding diaryl/α,β-unsaturated/α-hetero) is 1. The molecule has 0 amide bonds. The maximum absolute atomic E-state index is 14.2. The molecule has 1 unspecified atom stereocenters. The molecule has 0 bridgehead atoms. The van der Waals surface area contributed by atoms with Gasteiger partial charge in [-0.15, -0.1) is 0 Å². The summed E-state index contributed by atoms with van der Waals surface area (Å²) < 4.78 is 5.55. The van der Waals surface area contributed by atoms with Crippen molar-refractivity contribution in [1.29, 1.82) is 0 Å². The monoisotopic (exact) mass is 523 g/mol. The quantitative estimate of drug-likeness (QED) is 0.240. The first-order valence-electron chi connectivity index (χ1n) is 13.2. The minimum absolute atomic E-state index is 0.0778. The van der Waals surface area contributed by atoms with Crippen molar-refractivity contribution >= 4 is 17.5 Å². The number of hydrogen-bond donors (Lipinski definition) is 2. The summed E-state index contributed by atoms with van der Waals surface area (Å²) in [6.07, 6.45) is 5.87. The summed E-state index contributed by atoms with van der Waals surface area (Å²) >= 11 is 0. The second-order valence-corrected chi connectivity index (χ2v) is 9.69. The molecule has 0 radical (unpaired) electrons. The number of nitrogens with zero attached hydrogens (tertiary/aromatic N) is 3. The standard InChI is InChI=1S/C31H33N5O3/c1-32-19-20-34-29-28(27(37)21-24-15-9-10-18-33-24)35-36-26(23-13-7-4-8-14-23)17-16-25(22-11-5-3-6-12-22)31(29,36)30(38)39-2/h3-18,25-26,29,32,34H,19-21H2,1-2H3/t25-,26+,29-,31?/m0/s1. The lowest BCUT2D eigenvalue weighted by Gasteiger charge is -2.49. The minimum atomic E-state index is -1.34. The summed E-state index contributed by atoms with van der Waals surface area (Å²) in [5, 5.41) is 13.4. The number of pyridine rings is 1. The molecule has 3 aromatic rings. The van der Waals surface area contributed by atoms with Crippen LogP contribution in [0.5, 0.6) is 0 Å². The highest BCUT2D eigenvalue weighted by Crippen LogP contribution is 2.50. The molecule has 0 saturated heterocycles. The number of esters is 1. The summed E-state index contributed by atoms with van der Waals surface area (Å²) in [6.45, 7) is 1.16. The zero-order chi connectivity index (χ0) is 27.2. The highest BCUT2D eigenvalue weighted by atomic mass is 16.5. The summed E-state index contributed by atoms with van der Waals surface area (Å²) in [5.41, 5.74) is 1.50. The van der Waals surface area contributed by atoms with Crippen molar-refractivity contribution in [2.24, 2.45) is 5.10 Å². The van der Waals surface area contributed by atoms with Crippen LogP contribution in [0, 0.1) is 0 Å². The zero-order valence-corrected chi connectivity index (χ0v) is 22.2. The average molecular weight is 524 g/mol. The van der Waals surface area contributed by atoms with Crippen LogP contribution < -0.4 is 10.6 Å². The molecule has 8 heteroatoms. The Morgan fingerprint density at radius 3 is 2.26 bits per heavy atom. The number of aromatic nitrogens is 1. The third-order valence-electron chi connectivity index (χ3n) is 7.42. The highest BCUT2D eigenvalue weighted by Gasteiger charge is 2.65. The topological polar surface area (TPSA) is 95.9 Å². The number of likely N-dealkylation sites (N-methyl/N-ethyl adjacent to an activating group) is 1. The number of carbonyl (C=O) groups excluding carboxylic acids is 2. The number of carbonyl (C=O) groups is 2. The van der Waals surface area contributed by atoms with Crippen LogP contribution in [0.3, 0.4) is 0 Å².